The molecule has 104 valence electrons. The molecule has 2 aromatic rings. The molecule has 0 bridgehead atoms. The molecule has 1 unspecified atom stereocenters. The van der Waals surface area contributed by atoms with E-state index in [4.69, 9.17) is 5.73 Å². The Bertz CT molecular complexity index is 593. The van der Waals surface area contributed by atoms with E-state index in [2.05, 4.69) is 10.3 Å². The lowest BCUT2D eigenvalue weighted by Crippen LogP contribution is -2.27. The minimum Gasteiger partial charge on any atom is -0.399 e. The predicted molar refractivity (Wildman–Crippen MR) is 80.1 cm³/mol. The van der Waals surface area contributed by atoms with Crippen LogP contribution in [0.25, 0.3) is 0 Å². The molecule has 0 aliphatic heterocycles. The largest absolute Gasteiger partial charge is 0.399 e. The van der Waals surface area contributed by atoms with Crippen molar-refractivity contribution in [3.8, 4) is 0 Å². The van der Waals surface area contributed by atoms with Crippen LogP contribution in [0, 0.1) is 6.92 Å². The van der Waals surface area contributed by atoms with E-state index in [1.807, 2.05) is 50.2 Å². The Hall–Kier alpha value is -2.36. The molecule has 0 aliphatic rings. The van der Waals surface area contributed by atoms with Crippen LogP contribution in [0.2, 0.25) is 0 Å². The highest BCUT2D eigenvalue weighted by atomic mass is 16.1. The number of hydrogen-bond acceptors (Lipinski definition) is 3. The van der Waals surface area contributed by atoms with Crippen LogP contribution < -0.4 is 11.1 Å². The number of benzene rings is 1. The molecule has 0 radical (unpaired) electrons. The van der Waals surface area contributed by atoms with Crippen molar-refractivity contribution < 1.29 is 4.79 Å². The Morgan fingerprint density at radius 3 is 2.80 bits per heavy atom. The van der Waals surface area contributed by atoms with E-state index in [9.17, 15) is 4.79 Å². The first-order valence-corrected chi connectivity index (χ1v) is 6.61. The first-order chi connectivity index (χ1) is 9.56. The number of carbonyl (C=O) groups excluding carboxylic acids is 1. The number of aryl methyl sites for hydroxylation is 1. The van der Waals surface area contributed by atoms with Crippen molar-refractivity contribution in [3.05, 3.63) is 59.4 Å². The van der Waals surface area contributed by atoms with Crippen LogP contribution in [0.15, 0.2) is 42.6 Å². The fourth-order valence-electron chi connectivity index (χ4n) is 1.92. The van der Waals surface area contributed by atoms with E-state index in [1.54, 1.807) is 6.20 Å². The van der Waals surface area contributed by atoms with Crippen LogP contribution in [0.5, 0.6) is 0 Å². The van der Waals surface area contributed by atoms with Gasteiger partial charge in [0.15, 0.2) is 0 Å². The summed E-state index contributed by atoms with van der Waals surface area (Å²) in [6.07, 6.45) is 1.78. The summed E-state index contributed by atoms with van der Waals surface area (Å²) in [5.41, 5.74) is 9.28. The minimum absolute atomic E-state index is 0.0174. The van der Waals surface area contributed by atoms with Crippen LogP contribution in [-0.2, 0) is 11.3 Å². The second kappa shape index (κ2) is 6.19. The summed E-state index contributed by atoms with van der Waals surface area (Å²) in [4.78, 5) is 16.3. The summed E-state index contributed by atoms with van der Waals surface area (Å²) in [5, 5.41) is 2.92. The van der Waals surface area contributed by atoms with Crippen molar-refractivity contribution in [2.45, 2.75) is 26.3 Å². The summed E-state index contributed by atoms with van der Waals surface area (Å²) in [6.45, 7) is 4.29. The van der Waals surface area contributed by atoms with Crippen molar-refractivity contribution in [1.82, 2.24) is 10.3 Å². The molecule has 1 amide bonds. The molecule has 0 saturated heterocycles. The van der Waals surface area contributed by atoms with Gasteiger partial charge in [0.2, 0.25) is 5.91 Å². The molecular formula is C16H19N3O. The van der Waals surface area contributed by atoms with Crippen molar-refractivity contribution in [1.29, 1.82) is 0 Å². The Morgan fingerprint density at radius 1 is 1.35 bits per heavy atom. The zero-order chi connectivity index (χ0) is 14.5. The fourth-order valence-corrected chi connectivity index (χ4v) is 1.92. The molecule has 20 heavy (non-hydrogen) atoms. The number of nitrogens with one attached hydrogen (secondary N) is 1. The first-order valence-electron chi connectivity index (χ1n) is 6.61. The zero-order valence-corrected chi connectivity index (χ0v) is 11.8. The number of rotatable bonds is 4. The number of aromatic nitrogens is 1. The third kappa shape index (κ3) is 3.57. The molecule has 0 spiro atoms. The van der Waals surface area contributed by atoms with E-state index in [-0.39, 0.29) is 11.8 Å². The Morgan fingerprint density at radius 2 is 2.15 bits per heavy atom. The average Bonchev–Trinajstić information content (AvgIpc) is 2.45. The Balaban J connectivity index is 1.96. The molecule has 4 heteroatoms. The fraction of sp³-hybridized carbons (Fsp3) is 0.250. The number of anilines is 1. The smallest absolute Gasteiger partial charge is 0.227 e. The maximum atomic E-state index is 12.1. The molecule has 2 rings (SSSR count). The molecule has 4 nitrogen and oxygen atoms in total. The number of nitrogens with zero attached hydrogens (tertiary/aromatic N) is 1. The first kappa shape index (κ1) is 14.1. The van der Waals surface area contributed by atoms with Gasteiger partial charge in [0, 0.05) is 24.1 Å². The molecule has 1 atom stereocenters. The lowest BCUT2D eigenvalue weighted by molar-refractivity contribution is -0.122. The SMILES string of the molecule is Cc1ccc(CNC(=O)C(C)c2cccc(N)c2)cn1. The average molecular weight is 269 g/mol. The molecule has 1 aromatic carbocycles. The number of pyridine rings is 1. The van der Waals surface area contributed by atoms with Gasteiger partial charge >= 0.3 is 0 Å². The van der Waals surface area contributed by atoms with Crippen LogP contribution in [0.1, 0.15) is 29.7 Å². The Kier molecular flexibility index (Phi) is 4.35. The molecule has 0 aliphatic carbocycles. The number of hydrogen-bond donors (Lipinski definition) is 2. The lowest BCUT2D eigenvalue weighted by Gasteiger charge is -2.13. The van der Waals surface area contributed by atoms with Gasteiger partial charge in [-0.2, -0.15) is 0 Å². The predicted octanol–water partition coefficient (Wildman–Crippen LogP) is 2.39. The molecular weight excluding hydrogens is 250 g/mol. The van der Waals surface area contributed by atoms with Gasteiger partial charge < -0.3 is 11.1 Å². The molecule has 1 aromatic heterocycles. The summed E-state index contributed by atoms with van der Waals surface area (Å²) in [7, 11) is 0. The number of amides is 1. The van der Waals surface area contributed by atoms with Gasteiger partial charge in [-0.3, -0.25) is 9.78 Å². The van der Waals surface area contributed by atoms with E-state index in [1.165, 1.54) is 0 Å². The van der Waals surface area contributed by atoms with Gasteiger partial charge in [0.1, 0.15) is 0 Å². The highest BCUT2D eigenvalue weighted by Gasteiger charge is 2.14. The standard InChI is InChI=1S/C16H19N3O/c1-11-6-7-13(9-18-11)10-19-16(20)12(2)14-4-3-5-15(17)8-14/h3-9,12H,10,17H2,1-2H3,(H,19,20). The van der Waals surface area contributed by atoms with Gasteiger partial charge in [0.25, 0.3) is 0 Å². The van der Waals surface area contributed by atoms with Crippen LogP contribution >= 0.6 is 0 Å². The number of nitrogens with two attached hydrogens (primary N) is 1. The van der Waals surface area contributed by atoms with E-state index in [0.29, 0.717) is 12.2 Å². The number of nitrogen functional groups attached to an aromatic ring is 1. The van der Waals surface area contributed by atoms with Gasteiger partial charge in [0.05, 0.1) is 5.92 Å². The minimum atomic E-state index is -0.225. The van der Waals surface area contributed by atoms with Gasteiger partial charge in [-0.1, -0.05) is 18.2 Å². The highest BCUT2D eigenvalue weighted by Crippen LogP contribution is 2.17. The number of carbonyl (C=O) groups is 1. The van der Waals surface area contributed by atoms with E-state index < -0.39 is 0 Å². The highest BCUT2D eigenvalue weighted by molar-refractivity contribution is 5.83. The third-order valence-electron chi connectivity index (χ3n) is 3.24. The van der Waals surface area contributed by atoms with E-state index in [0.717, 1.165) is 16.8 Å². The third-order valence-corrected chi connectivity index (χ3v) is 3.24. The summed E-state index contributed by atoms with van der Waals surface area (Å²) < 4.78 is 0. The lowest BCUT2D eigenvalue weighted by atomic mass is 10.00. The summed E-state index contributed by atoms with van der Waals surface area (Å²) in [5.74, 6) is -0.243. The van der Waals surface area contributed by atoms with E-state index >= 15 is 0 Å². The molecule has 3 N–H and O–H groups in total. The van der Waals surface area contributed by atoms with Crippen LogP contribution in [0.4, 0.5) is 5.69 Å². The van der Waals surface area contributed by atoms with Crippen molar-refractivity contribution in [3.63, 3.8) is 0 Å². The normalized spacial score (nSPS) is 11.9. The van der Waals surface area contributed by atoms with Crippen LogP contribution in [-0.4, -0.2) is 10.9 Å². The van der Waals surface area contributed by atoms with Crippen molar-refractivity contribution in [2.24, 2.45) is 0 Å². The second-order valence-electron chi connectivity index (χ2n) is 4.92. The summed E-state index contributed by atoms with van der Waals surface area (Å²) in [6, 6.07) is 11.3. The monoisotopic (exact) mass is 269 g/mol. The second-order valence-corrected chi connectivity index (χ2v) is 4.92. The topological polar surface area (TPSA) is 68.0 Å². The maximum absolute atomic E-state index is 12.1. The maximum Gasteiger partial charge on any atom is 0.227 e. The quantitative estimate of drug-likeness (QED) is 0.837. The molecule has 0 fully saturated rings. The molecule has 0 saturated carbocycles. The zero-order valence-electron chi connectivity index (χ0n) is 11.8. The van der Waals surface area contributed by atoms with Crippen molar-refractivity contribution in [2.75, 3.05) is 5.73 Å². The van der Waals surface area contributed by atoms with Crippen molar-refractivity contribution >= 4 is 11.6 Å². The summed E-state index contributed by atoms with van der Waals surface area (Å²) >= 11 is 0. The van der Waals surface area contributed by atoms with Gasteiger partial charge in [-0.15, -0.1) is 0 Å². The van der Waals surface area contributed by atoms with Crippen LogP contribution in [0.3, 0.4) is 0 Å². The van der Waals surface area contributed by atoms with Gasteiger partial charge in [-0.05, 0) is 43.2 Å². The van der Waals surface area contributed by atoms with Gasteiger partial charge in [-0.25, -0.2) is 0 Å². The Labute approximate surface area is 119 Å². The molecule has 1 heterocycles.